The predicted molar refractivity (Wildman–Crippen MR) is 71.6 cm³/mol. The van der Waals surface area contributed by atoms with Crippen molar-refractivity contribution < 1.29 is 9.84 Å². The fraction of sp³-hybridized carbons (Fsp3) is 0.214. The molecule has 0 bridgehead atoms. The molecular weight excluding hydrogens is 228 g/mol. The number of phenols is 1. The Bertz CT molecular complexity index is 559. The van der Waals surface area contributed by atoms with Gasteiger partial charge in [-0.15, -0.1) is 0 Å². The van der Waals surface area contributed by atoms with E-state index >= 15 is 0 Å². The van der Waals surface area contributed by atoms with Crippen molar-refractivity contribution in [3.8, 4) is 11.5 Å². The summed E-state index contributed by atoms with van der Waals surface area (Å²) in [5, 5.41) is 16.6. The van der Waals surface area contributed by atoms with Crippen molar-refractivity contribution in [2.45, 2.75) is 13.3 Å². The smallest absolute Gasteiger partial charge is 0.161 e. The molecule has 0 radical (unpaired) electrons. The number of aryl methyl sites for hydroxylation is 1. The second kappa shape index (κ2) is 5.40. The van der Waals surface area contributed by atoms with Gasteiger partial charge in [-0.3, -0.25) is 5.10 Å². The number of methoxy groups -OCH3 is 1. The molecule has 0 aliphatic carbocycles. The van der Waals surface area contributed by atoms with E-state index in [9.17, 15) is 5.11 Å². The van der Waals surface area contributed by atoms with Gasteiger partial charge in [0.1, 0.15) is 0 Å². The highest BCUT2D eigenvalue weighted by atomic mass is 16.5. The van der Waals surface area contributed by atoms with Crippen LogP contribution in [0.5, 0.6) is 11.5 Å². The molecule has 94 valence electrons. The zero-order chi connectivity index (χ0) is 13.0. The summed E-state index contributed by atoms with van der Waals surface area (Å²) < 4.78 is 5.05. The molecule has 2 rings (SSSR count). The fourth-order valence-corrected chi connectivity index (χ4v) is 1.63. The first-order valence-corrected chi connectivity index (χ1v) is 5.82. The molecule has 0 amide bonds. The highest BCUT2D eigenvalue weighted by molar-refractivity contribution is 5.69. The van der Waals surface area contributed by atoms with Gasteiger partial charge in [0.05, 0.1) is 12.8 Å². The molecule has 0 spiro atoms. The van der Waals surface area contributed by atoms with E-state index in [1.54, 1.807) is 12.1 Å². The summed E-state index contributed by atoms with van der Waals surface area (Å²) in [6.45, 7) is 2.08. The molecule has 0 aliphatic rings. The van der Waals surface area contributed by atoms with Gasteiger partial charge in [-0.1, -0.05) is 19.1 Å². The first kappa shape index (κ1) is 12.2. The van der Waals surface area contributed by atoms with Gasteiger partial charge < -0.3 is 9.84 Å². The summed E-state index contributed by atoms with van der Waals surface area (Å²) in [5.74, 6) is 0.608. The number of ether oxygens (including phenoxy) is 1. The molecule has 2 N–H and O–H groups in total. The normalized spacial score (nSPS) is 11.0. The number of benzene rings is 1. The Morgan fingerprint density at radius 2 is 2.17 bits per heavy atom. The predicted octanol–water partition coefficient (Wildman–Crippen LogP) is 2.86. The van der Waals surface area contributed by atoms with Crippen LogP contribution < -0.4 is 4.74 Å². The van der Waals surface area contributed by atoms with Crippen LogP contribution in [0.25, 0.3) is 12.2 Å². The van der Waals surface area contributed by atoms with Crippen molar-refractivity contribution in [1.29, 1.82) is 0 Å². The van der Waals surface area contributed by atoms with E-state index in [2.05, 4.69) is 17.1 Å². The van der Waals surface area contributed by atoms with Crippen LogP contribution in [0.2, 0.25) is 0 Å². The molecule has 4 heteroatoms. The van der Waals surface area contributed by atoms with Crippen molar-refractivity contribution in [3.05, 3.63) is 41.2 Å². The number of aromatic nitrogens is 2. The molecular formula is C14H16N2O2. The summed E-state index contributed by atoms with van der Waals surface area (Å²) in [5.41, 5.74) is 2.95. The molecule has 1 aromatic carbocycles. The van der Waals surface area contributed by atoms with Crippen LogP contribution in [0.4, 0.5) is 0 Å². The van der Waals surface area contributed by atoms with Crippen LogP contribution >= 0.6 is 0 Å². The second-order valence-corrected chi connectivity index (χ2v) is 3.94. The van der Waals surface area contributed by atoms with E-state index in [0.29, 0.717) is 5.75 Å². The minimum absolute atomic E-state index is 0.141. The summed E-state index contributed by atoms with van der Waals surface area (Å²) in [7, 11) is 1.53. The average molecular weight is 244 g/mol. The number of hydrogen-bond acceptors (Lipinski definition) is 3. The maximum atomic E-state index is 9.49. The topological polar surface area (TPSA) is 58.1 Å². The fourth-order valence-electron chi connectivity index (χ4n) is 1.63. The number of aromatic amines is 1. The van der Waals surface area contributed by atoms with Crippen molar-refractivity contribution >= 4 is 12.2 Å². The van der Waals surface area contributed by atoms with Crippen LogP contribution in [0.15, 0.2) is 24.3 Å². The molecule has 0 saturated heterocycles. The Kier molecular flexibility index (Phi) is 3.67. The summed E-state index contributed by atoms with van der Waals surface area (Å²) in [6.07, 6.45) is 4.78. The van der Waals surface area contributed by atoms with Gasteiger partial charge in [0.2, 0.25) is 0 Å². The Morgan fingerprint density at radius 3 is 2.83 bits per heavy atom. The van der Waals surface area contributed by atoms with Gasteiger partial charge in [-0.2, -0.15) is 5.10 Å². The quantitative estimate of drug-likeness (QED) is 0.869. The van der Waals surface area contributed by atoms with Crippen molar-refractivity contribution in [2.75, 3.05) is 7.11 Å². The molecule has 18 heavy (non-hydrogen) atoms. The molecule has 2 aromatic rings. The zero-order valence-electron chi connectivity index (χ0n) is 10.5. The van der Waals surface area contributed by atoms with Gasteiger partial charge in [-0.05, 0) is 36.3 Å². The van der Waals surface area contributed by atoms with E-state index in [4.69, 9.17) is 4.74 Å². The van der Waals surface area contributed by atoms with Gasteiger partial charge in [0.25, 0.3) is 0 Å². The lowest BCUT2D eigenvalue weighted by Gasteiger charge is -2.03. The lowest BCUT2D eigenvalue weighted by molar-refractivity contribution is 0.373. The standard InChI is InChI=1S/C14H16N2O2/c1-3-11-9-12(16-15-11)6-4-10-5-7-13(17)14(8-10)18-2/h4-9,17H,3H2,1-2H3,(H,15,16). The Hall–Kier alpha value is -2.23. The lowest BCUT2D eigenvalue weighted by atomic mass is 10.1. The minimum Gasteiger partial charge on any atom is -0.504 e. The third-order valence-electron chi connectivity index (χ3n) is 2.68. The van der Waals surface area contributed by atoms with Crippen LogP contribution in [0.3, 0.4) is 0 Å². The second-order valence-electron chi connectivity index (χ2n) is 3.94. The third-order valence-corrected chi connectivity index (χ3v) is 2.68. The molecule has 0 atom stereocenters. The van der Waals surface area contributed by atoms with E-state index in [1.165, 1.54) is 7.11 Å². The molecule has 0 aliphatic heterocycles. The van der Waals surface area contributed by atoms with Gasteiger partial charge in [-0.25, -0.2) is 0 Å². The average Bonchev–Trinajstić information content (AvgIpc) is 2.86. The van der Waals surface area contributed by atoms with Crippen molar-refractivity contribution in [1.82, 2.24) is 10.2 Å². The van der Waals surface area contributed by atoms with E-state index < -0.39 is 0 Å². The Balaban J connectivity index is 2.17. The monoisotopic (exact) mass is 244 g/mol. The SMILES string of the molecule is CCc1cc(C=Cc2ccc(O)c(OC)c2)n[nH]1. The molecule has 4 nitrogen and oxygen atoms in total. The first-order valence-electron chi connectivity index (χ1n) is 5.82. The van der Waals surface area contributed by atoms with Crippen LogP contribution in [-0.2, 0) is 6.42 Å². The van der Waals surface area contributed by atoms with Crippen LogP contribution in [-0.4, -0.2) is 22.4 Å². The van der Waals surface area contributed by atoms with Crippen molar-refractivity contribution in [3.63, 3.8) is 0 Å². The Labute approximate surface area is 106 Å². The third kappa shape index (κ3) is 2.71. The number of rotatable bonds is 4. The number of aromatic hydroxyl groups is 1. The summed E-state index contributed by atoms with van der Waals surface area (Å²) >= 11 is 0. The van der Waals surface area contributed by atoms with E-state index in [0.717, 1.165) is 23.4 Å². The maximum Gasteiger partial charge on any atom is 0.161 e. The highest BCUT2D eigenvalue weighted by Gasteiger charge is 2.00. The molecule has 0 fully saturated rings. The summed E-state index contributed by atoms with van der Waals surface area (Å²) in [4.78, 5) is 0. The van der Waals surface area contributed by atoms with Gasteiger partial charge >= 0.3 is 0 Å². The van der Waals surface area contributed by atoms with Gasteiger partial charge in [0.15, 0.2) is 11.5 Å². The van der Waals surface area contributed by atoms with Crippen LogP contribution in [0.1, 0.15) is 23.9 Å². The molecule has 0 unspecified atom stereocenters. The number of nitrogens with one attached hydrogen (secondary N) is 1. The number of nitrogens with zero attached hydrogens (tertiary/aromatic N) is 1. The zero-order valence-corrected chi connectivity index (χ0v) is 10.5. The maximum absolute atomic E-state index is 9.49. The van der Waals surface area contributed by atoms with E-state index in [1.807, 2.05) is 24.3 Å². The molecule has 1 aromatic heterocycles. The molecule has 1 heterocycles. The Morgan fingerprint density at radius 1 is 1.33 bits per heavy atom. The summed E-state index contributed by atoms with van der Waals surface area (Å²) in [6, 6.07) is 7.22. The number of H-pyrrole nitrogens is 1. The minimum atomic E-state index is 0.141. The van der Waals surface area contributed by atoms with Gasteiger partial charge in [0, 0.05) is 5.69 Å². The van der Waals surface area contributed by atoms with Crippen LogP contribution in [0, 0.1) is 0 Å². The van der Waals surface area contributed by atoms with E-state index in [-0.39, 0.29) is 5.75 Å². The van der Waals surface area contributed by atoms with Crippen molar-refractivity contribution in [2.24, 2.45) is 0 Å². The first-order chi connectivity index (χ1) is 8.72. The number of hydrogen-bond donors (Lipinski definition) is 2. The lowest BCUT2D eigenvalue weighted by Crippen LogP contribution is -1.84. The molecule has 0 saturated carbocycles. The largest absolute Gasteiger partial charge is 0.504 e. The number of phenolic OH excluding ortho intramolecular Hbond substituents is 1. The highest BCUT2D eigenvalue weighted by Crippen LogP contribution is 2.26.